The minimum atomic E-state index is 0.723. The third kappa shape index (κ3) is 4.79. The quantitative estimate of drug-likeness (QED) is 0.687. The van der Waals surface area contributed by atoms with Crippen molar-refractivity contribution in [3.8, 4) is 0 Å². The Morgan fingerprint density at radius 2 is 2.19 bits per heavy atom. The van der Waals surface area contributed by atoms with E-state index in [0.717, 1.165) is 25.6 Å². The van der Waals surface area contributed by atoms with E-state index in [9.17, 15) is 0 Å². The molecule has 1 atom stereocenters. The summed E-state index contributed by atoms with van der Waals surface area (Å²) in [4.78, 5) is 0. The van der Waals surface area contributed by atoms with Gasteiger partial charge >= 0.3 is 0 Å². The number of nitrogens with zero attached hydrogens (tertiary/aromatic N) is 2. The second kappa shape index (κ2) is 7.44. The van der Waals surface area contributed by atoms with Crippen LogP contribution in [0.15, 0.2) is 12.4 Å². The summed E-state index contributed by atoms with van der Waals surface area (Å²) in [5.74, 6) is 0.723. The average Bonchev–Trinajstić information content (AvgIpc) is 2.66. The lowest BCUT2D eigenvalue weighted by Crippen LogP contribution is -2.13. The molecule has 1 aromatic rings. The van der Waals surface area contributed by atoms with Gasteiger partial charge in [-0.2, -0.15) is 5.10 Å². The molecule has 16 heavy (non-hydrogen) atoms. The number of aromatic nitrogens is 2. The average molecular weight is 223 g/mol. The van der Waals surface area contributed by atoms with Crippen molar-refractivity contribution in [2.45, 2.75) is 53.1 Å². The second-order valence-corrected chi connectivity index (χ2v) is 4.64. The third-order valence-corrected chi connectivity index (χ3v) is 2.72. The molecule has 1 unspecified atom stereocenters. The van der Waals surface area contributed by atoms with Crippen molar-refractivity contribution in [2.24, 2.45) is 5.92 Å². The van der Waals surface area contributed by atoms with Crippen LogP contribution in [0.1, 0.15) is 45.6 Å². The molecule has 3 nitrogen and oxygen atoms in total. The van der Waals surface area contributed by atoms with Crippen LogP contribution >= 0.6 is 0 Å². The zero-order valence-corrected chi connectivity index (χ0v) is 10.9. The summed E-state index contributed by atoms with van der Waals surface area (Å²) in [6, 6.07) is 0. The van der Waals surface area contributed by atoms with Gasteiger partial charge in [-0.15, -0.1) is 0 Å². The number of rotatable bonds is 8. The van der Waals surface area contributed by atoms with Crippen molar-refractivity contribution in [3.05, 3.63) is 18.0 Å². The summed E-state index contributed by atoms with van der Waals surface area (Å²) in [5.41, 5.74) is 1.29. The Balaban J connectivity index is 2.33. The van der Waals surface area contributed by atoms with Crippen molar-refractivity contribution in [1.29, 1.82) is 0 Å². The SMILES string of the molecule is CCCNCc1cnn(CC(C)CCC)c1. The minimum Gasteiger partial charge on any atom is -0.313 e. The van der Waals surface area contributed by atoms with E-state index in [-0.39, 0.29) is 0 Å². The van der Waals surface area contributed by atoms with Crippen LogP contribution in [-0.4, -0.2) is 16.3 Å². The Labute approximate surface area is 99.2 Å². The molecule has 0 radical (unpaired) electrons. The van der Waals surface area contributed by atoms with Gasteiger partial charge in [0.15, 0.2) is 0 Å². The van der Waals surface area contributed by atoms with Crippen LogP contribution in [-0.2, 0) is 13.1 Å². The van der Waals surface area contributed by atoms with Gasteiger partial charge in [-0.05, 0) is 25.3 Å². The highest BCUT2D eigenvalue weighted by Crippen LogP contribution is 2.08. The molecular weight excluding hydrogens is 198 g/mol. The monoisotopic (exact) mass is 223 g/mol. The molecule has 0 aliphatic heterocycles. The Morgan fingerprint density at radius 1 is 1.38 bits per heavy atom. The molecule has 1 aromatic heterocycles. The largest absolute Gasteiger partial charge is 0.313 e. The summed E-state index contributed by atoms with van der Waals surface area (Å²) in [5, 5.41) is 7.78. The highest BCUT2D eigenvalue weighted by molar-refractivity contribution is 5.03. The third-order valence-electron chi connectivity index (χ3n) is 2.72. The van der Waals surface area contributed by atoms with Crippen molar-refractivity contribution in [3.63, 3.8) is 0 Å². The van der Waals surface area contributed by atoms with Gasteiger partial charge < -0.3 is 5.32 Å². The zero-order valence-electron chi connectivity index (χ0n) is 10.9. The van der Waals surface area contributed by atoms with Crippen molar-refractivity contribution < 1.29 is 0 Å². The molecule has 0 aliphatic rings. The van der Waals surface area contributed by atoms with Crippen molar-refractivity contribution in [2.75, 3.05) is 6.54 Å². The van der Waals surface area contributed by atoms with E-state index >= 15 is 0 Å². The Hall–Kier alpha value is -0.830. The highest BCUT2D eigenvalue weighted by atomic mass is 15.3. The van der Waals surface area contributed by atoms with Crippen molar-refractivity contribution in [1.82, 2.24) is 15.1 Å². The van der Waals surface area contributed by atoms with Crippen LogP contribution in [0.25, 0.3) is 0 Å². The second-order valence-electron chi connectivity index (χ2n) is 4.64. The summed E-state index contributed by atoms with van der Waals surface area (Å²) in [6.07, 6.45) is 7.86. The Bertz CT molecular complexity index is 280. The summed E-state index contributed by atoms with van der Waals surface area (Å²) in [7, 11) is 0. The zero-order chi connectivity index (χ0) is 11.8. The van der Waals surface area contributed by atoms with Crippen LogP contribution in [0.5, 0.6) is 0 Å². The Morgan fingerprint density at radius 3 is 2.88 bits per heavy atom. The summed E-state index contributed by atoms with van der Waals surface area (Å²) >= 11 is 0. The van der Waals surface area contributed by atoms with Gasteiger partial charge in [-0.1, -0.05) is 27.2 Å². The molecule has 0 amide bonds. The normalized spacial score (nSPS) is 12.9. The van der Waals surface area contributed by atoms with Gasteiger partial charge in [0.2, 0.25) is 0 Å². The summed E-state index contributed by atoms with van der Waals surface area (Å²) < 4.78 is 2.07. The fraction of sp³-hybridized carbons (Fsp3) is 0.769. The molecule has 92 valence electrons. The number of hydrogen-bond acceptors (Lipinski definition) is 2. The predicted octanol–water partition coefficient (Wildman–Crippen LogP) is 2.82. The first-order valence-electron chi connectivity index (χ1n) is 6.48. The molecule has 0 spiro atoms. The van der Waals surface area contributed by atoms with Gasteiger partial charge in [0.25, 0.3) is 0 Å². The number of nitrogens with one attached hydrogen (secondary N) is 1. The van der Waals surface area contributed by atoms with Crippen LogP contribution in [0.2, 0.25) is 0 Å². The topological polar surface area (TPSA) is 29.9 Å². The molecule has 0 saturated carbocycles. The van der Waals surface area contributed by atoms with E-state index in [1.807, 2.05) is 6.20 Å². The molecule has 0 saturated heterocycles. The van der Waals surface area contributed by atoms with E-state index in [4.69, 9.17) is 0 Å². The van der Waals surface area contributed by atoms with Gasteiger partial charge in [-0.25, -0.2) is 0 Å². The lowest BCUT2D eigenvalue weighted by Gasteiger charge is -2.09. The molecular formula is C13H25N3. The molecule has 0 bridgehead atoms. The molecule has 3 heteroatoms. The van der Waals surface area contributed by atoms with E-state index in [0.29, 0.717) is 0 Å². The first-order chi connectivity index (χ1) is 7.76. The van der Waals surface area contributed by atoms with Gasteiger partial charge in [0, 0.05) is 24.8 Å². The molecule has 1 N–H and O–H groups in total. The van der Waals surface area contributed by atoms with E-state index in [1.165, 1.54) is 24.8 Å². The first kappa shape index (κ1) is 13.2. The molecule has 0 fully saturated rings. The lowest BCUT2D eigenvalue weighted by molar-refractivity contribution is 0.420. The molecule has 0 aliphatic carbocycles. The van der Waals surface area contributed by atoms with Crippen LogP contribution in [0.4, 0.5) is 0 Å². The van der Waals surface area contributed by atoms with Gasteiger partial charge in [-0.3, -0.25) is 4.68 Å². The Kier molecular flexibility index (Phi) is 6.16. The fourth-order valence-electron chi connectivity index (χ4n) is 1.91. The van der Waals surface area contributed by atoms with E-state index in [1.54, 1.807) is 0 Å². The maximum Gasteiger partial charge on any atom is 0.0534 e. The number of hydrogen-bond donors (Lipinski definition) is 1. The van der Waals surface area contributed by atoms with E-state index < -0.39 is 0 Å². The maximum atomic E-state index is 4.39. The smallest absolute Gasteiger partial charge is 0.0534 e. The summed E-state index contributed by atoms with van der Waals surface area (Å²) in [6.45, 7) is 9.78. The molecule has 1 rings (SSSR count). The predicted molar refractivity (Wildman–Crippen MR) is 68.3 cm³/mol. The van der Waals surface area contributed by atoms with Gasteiger partial charge in [0.05, 0.1) is 6.20 Å². The van der Waals surface area contributed by atoms with Crippen LogP contribution < -0.4 is 5.32 Å². The molecule has 1 heterocycles. The standard InChI is InChI=1S/C13H25N3/c1-4-6-12(3)10-16-11-13(9-15-16)8-14-7-5-2/h9,11-12,14H,4-8,10H2,1-3H3. The van der Waals surface area contributed by atoms with Gasteiger partial charge in [0.1, 0.15) is 0 Å². The fourth-order valence-corrected chi connectivity index (χ4v) is 1.91. The lowest BCUT2D eigenvalue weighted by atomic mass is 10.1. The van der Waals surface area contributed by atoms with Crippen molar-refractivity contribution >= 4 is 0 Å². The maximum absolute atomic E-state index is 4.39. The van der Waals surface area contributed by atoms with Crippen LogP contribution in [0, 0.1) is 5.92 Å². The highest BCUT2D eigenvalue weighted by Gasteiger charge is 2.03. The molecule has 0 aromatic carbocycles. The van der Waals surface area contributed by atoms with E-state index in [2.05, 4.69) is 42.1 Å². The first-order valence-corrected chi connectivity index (χ1v) is 6.48. The van der Waals surface area contributed by atoms with Crippen LogP contribution in [0.3, 0.4) is 0 Å². The minimum absolute atomic E-state index is 0.723.